The second-order valence-corrected chi connectivity index (χ2v) is 22.9. The maximum absolute atomic E-state index is 16.5. The van der Waals surface area contributed by atoms with Crippen molar-refractivity contribution >= 4 is 52.3 Å². The van der Waals surface area contributed by atoms with Gasteiger partial charge in [-0.1, -0.05) is 67.5 Å². The minimum atomic E-state index is -2.64. The topological polar surface area (TPSA) is 92.9 Å². The smallest absolute Gasteiger partial charge is 0.341 e. The molecule has 0 fully saturated rings. The van der Waals surface area contributed by atoms with E-state index in [0.29, 0.717) is 22.3 Å². The zero-order valence-corrected chi connectivity index (χ0v) is 45.7. The predicted octanol–water partition coefficient (Wildman–Crippen LogP) is 18.2. The summed E-state index contributed by atoms with van der Waals surface area (Å²) >= 11 is 0. The quantitative estimate of drug-likeness (QED) is 0.0775. The van der Waals surface area contributed by atoms with Crippen molar-refractivity contribution in [1.82, 2.24) is 19.9 Å². The van der Waals surface area contributed by atoms with Crippen molar-refractivity contribution in [2.45, 2.75) is 71.6 Å². The maximum Gasteiger partial charge on any atom is 0.341 e. The van der Waals surface area contributed by atoms with Gasteiger partial charge in [-0.05, 0) is 82.7 Å². The number of ether oxygens (including phenoxy) is 2. The number of H-pyrrole nitrogens is 2. The van der Waals surface area contributed by atoms with Crippen LogP contribution in [0.15, 0.2) is 48.5 Å². The standard InChI is InChI=1S/C63H41F15N4O3/c1-61(2,3)22-18-24(58-26(20-22)63(7,8)27-21-23(62(4,5)6)19-25(59(27)85-58)60(83)84-9)36-28-10-12-30(79-28)37(40-43(64)49(70)55(76)50(71)44(40)65)32-14-16-34(81-32)39(42-47(68)53(74)57(78)54(75)48(42)69)35-17-15-33(82-35)38(31-13-11-29(36)80-31)41-45(66)51(72)56(77)52(73)46(41)67/h10-21,79,82H,1-9H3. The predicted molar refractivity (Wildman–Crippen MR) is 287 cm³/mol. The Labute approximate surface area is 472 Å². The fourth-order valence-electron chi connectivity index (χ4n) is 10.7. The average Bonchev–Trinajstić information content (AvgIpc) is 1.54. The van der Waals surface area contributed by atoms with E-state index in [-0.39, 0.29) is 39.4 Å². The molecule has 0 spiro atoms. The molecule has 6 heterocycles. The highest BCUT2D eigenvalue weighted by molar-refractivity contribution is 6.02. The number of rotatable bonds is 5. The first-order chi connectivity index (χ1) is 39.8. The third-order valence-corrected chi connectivity index (χ3v) is 15.3. The van der Waals surface area contributed by atoms with E-state index < -0.39 is 176 Å². The van der Waals surface area contributed by atoms with Gasteiger partial charge in [-0.25, -0.2) is 80.6 Å². The third kappa shape index (κ3) is 8.79. The van der Waals surface area contributed by atoms with Crippen molar-refractivity contribution in [3.63, 3.8) is 0 Å². The largest absolute Gasteiger partial charge is 0.465 e. The minimum Gasteiger partial charge on any atom is -0.465 e. The molecule has 0 amide bonds. The SMILES string of the molecule is COC(=O)c1cc(C(C)(C)C)cc2c1Oc1c(-c3c4nc(c(-c5c(F)c(F)c(F)c(F)c5F)c5ccc([nH]5)c(-c5c(F)c(F)c(F)c(F)c5F)c5nc(c(-c6c(F)c(F)c(F)c(F)c6F)c6ccc3[nH]6)C=C5)C=C4)cc(C(C)(C)C)cc1C2(C)C. The van der Waals surface area contributed by atoms with Gasteiger partial charge in [0, 0.05) is 66.4 Å². The molecule has 3 aliphatic heterocycles. The van der Waals surface area contributed by atoms with Crippen molar-refractivity contribution in [1.29, 1.82) is 0 Å². The van der Waals surface area contributed by atoms with Crippen molar-refractivity contribution in [3.8, 4) is 56.0 Å². The van der Waals surface area contributed by atoms with Crippen molar-refractivity contribution in [3.05, 3.63) is 186 Å². The number of fused-ring (bicyclic) bond motifs is 10. The number of hydrogen-bond acceptors (Lipinski definition) is 5. The second-order valence-electron chi connectivity index (χ2n) is 22.9. The van der Waals surface area contributed by atoms with Gasteiger partial charge >= 0.3 is 5.97 Å². The summed E-state index contributed by atoms with van der Waals surface area (Å²) in [4.78, 5) is 28.3. The van der Waals surface area contributed by atoms with Crippen LogP contribution < -0.4 is 4.74 Å². The molecule has 3 aromatic heterocycles. The van der Waals surface area contributed by atoms with Gasteiger partial charge in [0.1, 0.15) is 17.1 Å². The Bertz CT molecular complexity index is 4430. The molecule has 3 aliphatic rings. The molecular formula is C63H41F15N4O3. The lowest BCUT2D eigenvalue weighted by Crippen LogP contribution is -2.28. The first-order valence-corrected chi connectivity index (χ1v) is 25.7. The van der Waals surface area contributed by atoms with Crippen LogP contribution in [0.25, 0.3) is 90.9 Å². The highest BCUT2D eigenvalue weighted by Crippen LogP contribution is 2.56. The molecule has 0 saturated heterocycles. The normalized spacial score (nSPS) is 13.6. The van der Waals surface area contributed by atoms with Crippen molar-refractivity contribution in [2.24, 2.45) is 0 Å². The van der Waals surface area contributed by atoms with Crippen molar-refractivity contribution in [2.75, 3.05) is 7.11 Å². The highest BCUT2D eigenvalue weighted by Gasteiger charge is 2.42. The summed E-state index contributed by atoms with van der Waals surface area (Å²) in [5.41, 5.74) is -12.9. The van der Waals surface area contributed by atoms with E-state index in [9.17, 15) is 18.0 Å². The molecule has 7 nitrogen and oxygen atoms in total. The number of aromatic amines is 2. The summed E-state index contributed by atoms with van der Waals surface area (Å²) in [5, 5.41) is 0. The van der Waals surface area contributed by atoms with Crippen LogP contribution in [-0.4, -0.2) is 33.0 Å². The zero-order chi connectivity index (χ0) is 61.7. The Morgan fingerprint density at radius 2 is 0.718 bits per heavy atom. The molecule has 0 unspecified atom stereocenters. The number of methoxy groups -OCH3 is 1. The monoisotopic (exact) mass is 1190 g/mol. The van der Waals surface area contributed by atoms with Crippen molar-refractivity contribution < 1.29 is 80.1 Å². The Hall–Kier alpha value is -9.08. The Balaban J connectivity index is 1.39. The number of benzene rings is 5. The summed E-state index contributed by atoms with van der Waals surface area (Å²) in [5.74, 6) is -38.0. The molecule has 11 rings (SSSR count). The lowest BCUT2D eigenvalue weighted by atomic mass is 9.70. The minimum absolute atomic E-state index is 0.00931. The molecule has 22 heteroatoms. The van der Waals surface area contributed by atoms with Crippen LogP contribution in [0.5, 0.6) is 11.5 Å². The molecule has 0 saturated carbocycles. The van der Waals surface area contributed by atoms with Gasteiger partial charge in [0.15, 0.2) is 69.8 Å². The summed E-state index contributed by atoms with van der Waals surface area (Å²) in [6.45, 7) is 15.1. The van der Waals surface area contributed by atoms with Crippen LogP contribution >= 0.6 is 0 Å². The first-order valence-electron chi connectivity index (χ1n) is 25.7. The number of aromatic nitrogens is 4. The first kappa shape index (κ1) is 57.7. The Kier molecular flexibility index (Phi) is 13.4. The van der Waals surface area contributed by atoms with Gasteiger partial charge in [0.05, 0.1) is 46.6 Å². The van der Waals surface area contributed by atoms with E-state index in [2.05, 4.69) is 15.0 Å². The third-order valence-electron chi connectivity index (χ3n) is 15.3. The van der Waals surface area contributed by atoms with E-state index in [4.69, 9.17) is 14.5 Å². The second kappa shape index (κ2) is 19.8. The molecule has 8 bridgehead atoms. The molecule has 8 aromatic rings. The van der Waals surface area contributed by atoms with Gasteiger partial charge in [0.25, 0.3) is 0 Å². The fraction of sp³-hybridized carbons (Fsp3) is 0.190. The van der Waals surface area contributed by atoms with Crippen LogP contribution in [0, 0.1) is 87.3 Å². The lowest BCUT2D eigenvalue weighted by molar-refractivity contribution is 0.0597. The van der Waals surface area contributed by atoms with Gasteiger partial charge < -0.3 is 19.4 Å². The number of halogens is 15. The molecule has 2 N–H and O–H groups in total. The van der Waals surface area contributed by atoms with E-state index in [1.165, 1.54) is 12.1 Å². The summed E-state index contributed by atoms with van der Waals surface area (Å²) < 4.78 is 247. The molecule has 0 atom stereocenters. The number of nitrogens with zero attached hydrogens (tertiary/aromatic N) is 2. The summed E-state index contributed by atoms with van der Waals surface area (Å²) in [6, 6.07) is 11.0. The molecule has 5 aromatic carbocycles. The number of nitrogens with one attached hydrogen (secondary N) is 2. The molecular weight excluding hydrogens is 1150 g/mol. The Morgan fingerprint density at radius 3 is 1.05 bits per heavy atom. The van der Waals surface area contributed by atoms with Gasteiger partial charge in [0.2, 0.25) is 17.5 Å². The molecule has 0 radical (unpaired) electrons. The summed E-state index contributed by atoms with van der Waals surface area (Å²) in [7, 11) is 1.16. The van der Waals surface area contributed by atoms with Crippen LogP contribution in [0.3, 0.4) is 0 Å². The zero-order valence-electron chi connectivity index (χ0n) is 45.7. The van der Waals surface area contributed by atoms with Crippen LogP contribution in [-0.2, 0) is 21.0 Å². The number of esters is 1. The van der Waals surface area contributed by atoms with Crippen LogP contribution in [0.4, 0.5) is 65.9 Å². The van der Waals surface area contributed by atoms with E-state index in [1.807, 2.05) is 67.5 Å². The Morgan fingerprint density at radius 1 is 0.424 bits per heavy atom. The number of carbonyl (C=O) groups is 1. The molecule has 0 aliphatic carbocycles. The van der Waals surface area contributed by atoms with Gasteiger partial charge in [-0.15, -0.1) is 0 Å². The highest BCUT2D eigenvalue weighted by atomic mass is 19.2. The lowest BCUT2D eigenvalue weighted by Gasteiger charge is -2.39. The summed E-state index contributed by atoms with van der Waals surface area (Å²) in [6.07, 6.45) is 3.89. The maximum atomic E-state index is 16.5. The van der Waals surface area contributed by atoms with E-state index >= 15 is 52.7 Å². The average molecular weight is 1190 g/mol. The van der Waals surface area contributed by atoms with E-state index in [1.54, 1.807) is 12.1 Å². The van der Waals surface area contributed by atoms with Crippen LogP contribution in [0.2, 0.25) is 0 Å². The van der Waals surface area contributed by atoms with E-state index in [0.717, 1.165) is 43.5 Å². The molecule has 436 valence electrons. The van der Waals surface area contributed by atoms with Gasteiger partial charge in [-0.3, -0.25) is 0 Å². The fourth-order valence-corrected chi connectivity index (χ4v) is 10.7. The number of carbonyl (C=O) groups excluding carboxylic acids is 1. The van der Waals surface area contributed by atoms with Gasteiger partial charge in [-0.2, -0.15) is 0 Å². The molecule has 85 heavy (non-hydrogen) atoms. The number of hydrogen-bond donors (Lipinski definition) is 2. The van der Waals surface area contributed by atoms with Crippen LogP contribution in [0.1, 0.15) is 111 Å².